The summed E-state index contributed by atoms with van der Waals surface area (Å²) in [5.74, 6) is 0.432. The quantitative estimate of drug-likeness (QED) is 0.556. The van der Waals surface area contributed by atoms with E-state index < -0.39 is 0 Å². The number of aromatic nitrogens is 1. The third-order valence-electron chi connectivity index (χ3n) is 6.30. The highest BCUT2D eigenvalue weighted by Gasteiger charge is 2.27. The van der Waals surface area contributed by atoms with Crippen LogP contribution < -0.4 is 0 Å². The fourth-order valence-corrected chi connectivity index (χ4v) is 4.51. The molecule has 0 N–H and O–H groups in total. The molecule has 0 saturated carbocycles. The van der Waals surface area contributed by atoms with Crippen molar-refractivity contribution >= 4 is 16.8 Å². The summed E-state index contributed by atoms with van der Waals surface area (Å²) in [6.45, 7) is 6.87. The molecule has 0 aliphatic carbocycles. The summed E-state index contributed by atoms with van der Waals surface area (Å²) < 4.78 is 16.3. The van der Waals surface area contributed by atoms with Crippen molar-refractivity contribution in [2.45, 2.75) is 45.6 Å². The molecule has 1 saturated heterocycles. The molecule has 3 nitrogen and oxygen atoms in total. The number of piperidine rings is 1. The fourth-order valence-electron chi connectivity index (χ4n) is 4.51. The molecule has 1 aliphatic rings. The van der Waals surface area contributed by atoms with Crippen LogP contribution in [0, 0.1) is 11.7 Å². The summed E-state index contributed by atoms with van der Waals surface area (Å²) in [7, 11) is 0. The van der Waals surface area contributed by atoms with E-state index in [1.54, 1.807) is 12.1 Å². The molecule has 152 valence electrons. The van der Waals surface area contributed by atoms with Gasteiger partial charge in [0.25, 0.3) is 0 Å². The van der Waals surface area contributed by atoms with Gasteiger partial charge in [-0.2, -0.15) is 0 Å². The first-order chi connectivity index (χ1) is 14.1. The summed E-state index contributed by atoms with van der Waals surface area (Å²) in [4.78, 5) is 15.2. The van der Waals surface area contributed by atoms with Crippen LogP contribution in [0.5, 0.6) is 0 Å². The molecule has 1 amide bonds. The number of benzene rings is 2. The van der Waals surface area contributed by atoms with Gasteiger partial charge in [-0.15, -0.1) is 0 Å². The van der Waals surface area contributed by atoms with Gasteiger partial charge in [0.1, 0.15) is 5.82 Å². The van der Waals surface area contributed by atoms with Crippen LogP contribution in [0.4, 0.5) is 4.39 Å². The van der Waals surface area contributed by atoms with Crippen molar-refractivity contribution in [1.82, 2.24) is 9.47 Å². The number of hydrogen-bond acceptors (Lipinski definition) is 1. The van der Waals surface area contributed by atoms with Crippen molar-refractivity contribution in [2.24, 2.45) is 5.92 Å². The molecule has 0 radical (unpaired) electrons. The fraction of sp³-hybridized carbons (Fsp3) is 0.400. The van der Waals surface area contributed by atoms with Gasteiger partial charge in [0.15, 0.2) is 0 Å². The number of hydrogen-bond donors (Lipinski definition) is 0. The van der Waals surface area contributed by atoms with Crippen LogP contribution in [0.2, 0.25) is 0 Å². The molecule has 3 aromatic rings. The Kier molecular flexibility index (Phi) is 5.70. The molecule has 2 heterocycles. The number of likely N-dealkylation sites (tertiary alicyclic amines) is 1. The van der Waals surface area contributed by atoms with Gasteiger partial charge in [-0.1, -0.05) is 37.3 Å². The average molecular weight is 393 g/mol. The number of carbonyl (C=O) groups is 1. The minimum Gasteiger partial charge on any atom is -0.347 e. The van der Waals surface area contributed by atoms with Crippen LogP contribution in [-0.4, -0.2) is 28.5 Å². The molecule has 4 heteroatoms. The number of para-hydroxylation sites is 1. The van der Waals surface area contributed by atoms with Crippen LogP contribution in [0.15, 0.2) is 54.7 Å². The summed E-state index contributed by atoms with van der Waals surface area (Å²) >= 11 is 0. The zero-order valence-corrected chi connectivity index (χ0v) is 17.3. The summed E-state index contributed by atoms with van der Waals surface area (Å²) in [6, 6.07) is 15.0. The van der Waals surface area contributed by atoms with E-state index in [1.165, 1.54) is 6.07 Å². The second-order valence-electron chi connectivity index (χ2n) is 8.26. The van der Waals surface area contributed by atoms with E-state index in [0.717, 1.165) is 54.5 Å². The van der Waals surface area contributed by atoms with Gasteiger partial charge in [0.05, 0.1) is 0 Å². The lowest BCUT2D eigenvalue weighted by Gasteiger charge is -2.31. The molecular weight excluding hydrogens is 363 g/mol. The first-order valence-electron chi connectivity index (χ1n) is 10.7. The molecule has 0 bridgehead atoms. The first-order valence-corrected chi connectivity index (χ1v) is 10.7. The maximum Gasteiger partial charge on any atom is 0.223 e. The predicted octanol–water partition coefficient (Wildman–Crippen LogP) is 5.58. The van der Waals surface area contributed by atoms with Crippen LogP contribution in [0.25, 0.3) is 10.9 Å². The van der Waals surface area contributed by atoms with Crippen molar-refractivity contribution < 1.29 is 9.18 Å². The number of amides is 1. The Morgan fingerprint density at radius 2 is 1.90 bits per heavy atom. The number of nitrogens with zero attached hydrogens (tertiary/aromatic N) is 2. The summed E-state index contributed by atoms with van der Waals surface area (Å²) in [5.41, 5.74) is 3.13. The van der Waals surface area contributed by atoms with Crippen molar-refractivity contribution in [3.8, 4) is 0 Å². The maximum absolute atomic E-state index is 14.1. The van der Waals surface area contributed by atoms with Crippen molar-refractivity contribution in [1.29, 1.82) is 0 Å². The standard InChI is InChI=1S/C25H29FN2O/c1-3-27-17-23(21-9-4-5-10-24(21)27)22(19-7-6-8-20(26)15-19)16-25(29)28-13-11-18(2)12-14-28/h4-10,15,17-18,22H,3,11-14,16H2,1-2H3/t22-/m0/s1. The van der Waals surface area contributed by atoms with Gasteiger partial charge in [-0.3, -0.25) is 4.79 Å². The number of fused-ring (bicyclic) bond motifs is 1. The van der Waals surface area contributed by atoms with E-state index in [9.17, 15) is 9.18 Å². The molecule has 4 rings (SSSR count). The van der Waals surface area contributed by atoms with E-state index in [-0.39, 0.29) is 17.6 Å². The van der Waals surface area contributed by atoms with Crippen LogP contribution in [-0.2, 0) is 11.3 Å². The molecule has 29 heavy (non-hydrogen) atoms. The highest BCUT2D eigenvalue weighted by Crippen LogP contribution is 2.36. The molecule has 1 aliphatic heterocycles. The van der Waals surface area contributed by atoms with Crippen LogP contribution in [0.3, 0.4) is 0 Å². The smallest absolute Gasteiger partial charge is 0.223 e. The van der Waals surface area contributed by atoms with Gasteiger partial charge >= 0.3 is 0 Å². The number of rotatable bonds is 5. The topological polar surface area (TPSA) is 25.2 Å². The first kappa shape index (κ1) is 19.7. The minimum atomic E-state index is -0.258. The maximum atomic E-state index is 14.1. The second-order valence-corrected chi connectivity index (χ2v) is 8.26. The largest absolute Gasteiger partial charge is 0.347 e. The molecule has 2 aromatic carbocycles. The van der Waals surface area contributed by atoms with Crippen molar-refractivity contribution in [2.75, 3.05) is 13.1 Å². The number of aryl methyl sites for hydroxylation is 1. The number of carbonyl (C=O) groups excluding carboxylic acids is 1. The van der Waals surface area contributed by atoms with Crippen LogP contribution in [0.1, 0.15) is 50.2 Å². The lowest BCUT2D eigenvalue weighted by molar-refractivity contribution is -0.132. The van der Waals surface area contributed by atoms with Gasteiger partial charge in [0.2, 0.25) is 5.91 Å². The molecule has 0 spiro atoms. The number of halogens is 1. The summed E-state index contributed by atoms with van der Waals surface area (Å²) in [5, 5.41) is 1.14. The molecule has 0 unspecified atom stereocenters. The SMILES string of the molecule is CCn1cc([C@@H](CC(=O)N2CCC(C)CC2)c2cccc(F)c2)c2ccccc21. The Balaban J connectivity index is 1.73. The van der Waals surface area contributed by atoms with Crippen molar-refractivity contribution in [3.63, 3.8) is 0 Å². The minimum absolute atomic E-state index is 0.157. The molecule has 1 atom stereocenters. The Morgan fingerprint density at radius 1 is 1.14 bits per heavy atom. The predicted molar refractivity (Wildman–Crippen MR) is 115 cm³/mol. The Morgan fingerprint density at radius 3 is 2.62 bits per heavy atom. The van der Waals surface area contributed by atoms with Gasteiger partial charge in [0, 0.05) is 49.1 Å². The van der Waals surface area contributed by atoms with E-state index in [0.29, 0.717) is 12.3 Å². The lowest BCUT2D eigenvalue weighted by Crippen LogP contribution is -2.38. The highest BCUT2D eigenvalue weighted by molar-refractivity contribution is 5.86. The van der Waals surface area contributed by atoms with Crippen LogP contribution >= 0.6 is 0 Å². The third-order valence-corrected chi connectivity index (χ3v) is 6.30. The van der Waals surface area contributed by atoms with Crippen molar-refractivity contribution in [3.05, 3.63) is 71.7 Å². The molecule has 1 aromatic heterocycles. The monoisotopic (exact) mass is 392 g/mol. The van der Waals surface area contributed by atoms with E-state index in [4.69, 9.17) is 0 Å². The van der Waals surface area contributed by atoms with Gasteiger partial charge < -0.3 is 9.47 Å². The molecular formula is C25H29FN2O. The zero-order chi connectivity index (χ0) is 20.4. The van der Waals surface area contributed by atoms with E-state index >= 15 is 0 Å². The van der Waals surface area contributed by atoms with Gasteiger partial charge in [-0.05, 0) is 55.0 Å². The highest BCUT2D eigenvalue weighted by atomic mass is 19.1. The Hall–Kier alpha value is -2.62. The zero-order valence-electron chi connectivity index (χ0n) is 17.3. The lowest BCUT2D eigenvalue weighted by atomic mass is 9.87. The Bertz CT molecular complexity index is 1000. The second kappa shape index (κ2) is 8.40. The third kappa shape index (κ3) is 4.07. The van der Waals surface area contributed by atoms with E-state index in [1.807, 2.05) is 23.1 Å². The van der Waals surface area contributed by atoms with Gasteiger partial charge in [-0.25, -0.2) is 4.39 Å². The average Bonchev–Trinajstić information content (AvgIpc) is 3.11. The molecule has 1 fully saturated rings. The van der Waals surface area contributed by atoms with E-state index in [2.05, 4.69) is 36.7 Å². The summed E-state index contributed by atoms with van der Waals surface area (Å²) in [6.07, 6.45) is 4.64. The normalized spacial score (nSPS) is 16.3. The Labute approximate surface area is 172 Å².